The summed E-state index contributed by atoms with van der Waals surface area (Å²) in [7, 11) is 0. The highest BCUT2D eigenvalue weighted by Crippen LogP contribution is 2.24. The monoisotopic (exact) mass is 265 g/mol. The van der Waals surface area contributed by atoms with Crippen LogP contribution < -0.4 is 0 Å². The van der Waals surface area contributed by atoms with Crippen LogP contribution in [-0.2, 0) is 6.54 Å². The van der Waals surface area contributed by atoms with Crippen LogP contribution in [0.25, 0.3) is 0 Å². The summed E-state index contributed by atoms with van der Waals surface area (Å²) in [5.41, 5.74) is 2.33. The second kappa shape index (κ2) is 4.74. The lowest BCUT2D eigenvalue weighted by Gasteiger charge is -2.13. The second-order valence-electron chi connectivity index (χ2n) is 4.59. The van der Waals surface area contributed by atoms with Gasteiger partial charge in [0, 0.05) is 16.7 Å². The summed E-state index contributed by atoms with van der Waals surface area (Å²) in [4.78, 5) is 36.3. The highest BCUT2D eigenvalue weighted by Gasteiger charge is 2.32. The van der Waals surface area contributed by atoms with Crippen molar-refractivity contribution < 1.29 is 14.4 Å². The maximum atomic E-state index is 12.3. The molecule has 98 valence electrons. The van der Waals surface area contributed by atoms with E-state index in [2.05, 4.69) is 0 Å². The van der Waals surface area contributed by atoms with E-state index in [0.29, 0.717) is 29.5 Å². The van der Waals surface area contributed by atoms with Crippen molar-refractivity contribution in [1.29, 1.82) is 0 Å². The first-order valence-corrected chi connectivity index (χ1v) is 6.20. The Morgan fingerprint density at radius 1 is 1.05 bits per heavy atom. The minimum atomic E-state index is -0.344. The van der Waals surface area contributed by atoms with Gasteiger partial charge in [0.25, 0.3) is 11.8 Å². The Morgan fingerprint density at radius 3 is 2.40 bits per heavy atom. The Balaban J connectivity index is 1.89. The maximum Gasteiger partial charge on any atom is 0.261 e. The molecule has 2 aromatic carbocycles. The Morgan fingerprint density at radius 2 is 1.75 bits per heavy atom. The summed E-state index contributed by atoms with van der Waals surface area (Å²) in [5.74, 6) is -0.617. The van der Waals surface area contributed by atoms with Gasteiger partial charge in [-0.1, -0.05) is 30.3 Å². The molecule has 0 spiro atoms. The largest absolute Gasteiger partial charge is 0.298 e. The molecule has 0 atom stereocenters. The van der Waals surface area contributed by atoms with Gasteiger partial charge >= 0.3 is 0 Å². The zero-order chi connectivity index (χ0) is 14.1. The fourth-order valence-electron chi connectivity index (χ4n) is 2.28. The van der Waals surface area contributed by atoms with Gasteiger partial charge in [0.15, 0.2) is 0 Å². The van der Waals surface area contributed by atoms with Crippen LogP contribution in [0.5, 0.6) is 0 Å². The van der Waals surface area contributed by atoms with E-state index in [9.17, 15) is 14.4 Å². The highest BCUT2D eigenvalue weighted by molar-refractivity contribution is 6.12. The first-order chi connectivity index (χ1) is 9.70. The van der Waals surface area contributed by atoms with Gasteiger partial charge in [-0.2, -0.15) is 0 Å². The summed E-state index contributed by atoms with van der Waals surface area (Å²) in [6.07, 6.45) is 0.713. The number of aldehydes is 1. The Labute approximate surface area is 115 Å². The molecule has 4 heteroatoms. The van der Waals surface area contributed by atoms with Crippen LogP contribution in [0.15, 0.2) is 48.5 Å². The average molecular weight is 265 g/mol. The van der Waals surface area contributed by atoms with Gasteiger partial charge in [0.1, 0.15) is 6.29 Å². The lowest BCUT2D eigenvalue weighted by molar-refractivity contribution is 0.0630. The van der Waals surface area contributed by atoms with Crippen molar-refractivity contribution in [3.63, 3.8) is 0 Å². The van der Waals surface area contributed by atoms with Crippen molar-refractivity contribution in [1.82, 2.24) is 4.90 Å². The maximum absolute atomic E-state index is 12.3. The number of rotatable bonds is 2. The standard InChI is InChI=1S/C16H11NO3/c18-10-11-5-7-12(8-6-11)15(19)17-9-13-3-1-2-4-14(13)16(17)20/h1-8,10H,9H2. The smallest absolute Gasteiger partial charge is 0.261 e. The second-order valence-corrected chi connectivity index (χ2v) is 4.59. The van der Waals surface area contributed by atoms with E-state index in [4.69, 9.17) is 0 Å². The lowest BCUT2D eigenvalue weighted by Crippen LogP contribution is -2.31. The number of hydrogen-bond acceptors (Lipinski definition) is 3. The fraction of sp³-hybridized carbons (Fsp3) is 0.0625. The fourth-order valence-corrected chi connectivity index (χ4v) is 2.28. The normalized spacial score (nSPS) is 13.2. The zero-order valence-corrected chi connectivity index (χ0v) is 10.6. The van der Waals surface area contributed by atoms with Crippen LogP contribution >= 0.6 is 0 Å². The Bertz CT molecular complexity index is 704. The first kappa shape index (κ1) is 12.3. The molecule has 0 bridgehead atoms. The minimum Gasteiger partial charge on any atom is -0.298 e. The number of amides is 2. The van der Waals surface area contributed by atoms with Crippen molar-refractivity contribution in [2.45, 2.75) is 6.54 Å². The van der Waals surface area contributed by atoms with E-state index in [-0.39, 0.29) is 11.8 Å². The quantitative estimate of drug-likeness (QED) is 0.618. The molecule has 0 unspecified atom stereocenters. The van der Waals surface area contributed by atoms with Gasteiger partial charge in [0.05, 0.1) is 6.54 Å². The van der Waals surface area contributed by atoms with E-state index >= 15 is 0 Å². The van der Waals surface area contributed by atoms with E-state index in [1.165, 1.54) is 4.90 Å². The summed E-state index contributed by atoms with van der Waals surface area (Å²) < 4.78 is 0. The molecule has 1 aliphatic heterocycles. The summed E-state index contributed by atoms with van der Waals surface area (Å²) in [6, 6.07) is 13.4. The third-order valence-electron chi connectivity index (χ3n) is 3.36. The molecule has 1 heterocycles. The Kier molecular flexibility index (Phi) is 2.91. The molecule has 0 fully saturated rings. The van der Waals surface area contributed by atoms with Crippen LogP contribution in [0.4, 0.5) is 0 Å². The molecule has 4 nitrogen and oxygen atoms in total. The van der Waals surface area contributed by atoms with Gasteiger partial charge in [-0.25, -0.2) is 0 Å². The minimum absolute atomic E-state index is 0.273. The van der Waals surface area contributed by atoms with E-state index in [1.54, 1.807) is 36.4 Å². The van der Waals surface area contributed by atoms with Crippen LogP contribution in [-0.4, -0.2) is 23.0 Å². The van der Waals surface area contributed by atoms with E-state index < -0.39 is 0 Å². The molecule has 0 radical (unpaired) electrons. The summed E-state index contributed by atoms with van der Waals surface area (Å²) in [6.45, 7) is 0.295. The molecule has 20 heavy (non-hydrogen) atoms. The molecule has 2 amide bonds. The average Bonchev–Trinajstić information content (AvgIpc) is 2.84. The highest BCUT2D eigenvalue weighted by atomic mass is 16.2. The van der Waals surface area contributed by atoms with Crippen LogP contribution in [0.2, 0.25) is 0 Å². The van der Waals surface area contributed by atoms with Gasteiger partial charge in [0.2, 0.25) is 0 Å². The number of imide groups is 1. The van der Waals surface area contributed by atoms with Crippen molar-refractivity contribution in [3.05, 3.63) is 70.8 Å². The molecule has 0 aromatic heterocycles. The zero-order valence-electron chi connectivity index (χ0n) is 10.6. The number of hydrogen-bond donors (Lipinski definition) is 0. The van der Waals surface area contributed by atoms with E-state index in [1.807, 2.05) is 12.1 Å². The predicted molar refractivity (Wildman–Crippen MR) is 72.5 cm³/mol. The van der Waals surface area contributed by atoms with Crippen molar-refractivity contribution in [2.24, 2.45) is 0 Å². The summed E-state index contributed by atoms with van der Waals surface area (Å²) in [5, 5.41) is 0. The summed E-state index contributed by atoms with van der Waals surface area (Å²) >= 11 is 0. The molecule has 1 aliphatic rings. The molecule has 0 saturated heterocycles. The molecule has 0 aliphatic carbocycles. The van der Waals surface area contributed by atoms with Crippen LogP contribution in [0, 0.1) is 0 Å². The van der Waals surface area contributed by atoms with E-state index in [0.717, 1.165) is 5.56 Å². The lowest BCUT2D eigenvalue weighted by atomic mass is 10.1. The third kappa shape index (κ3) is 1.91. The van der Waals surface area contributed by atoms with Crippen LogP contribution in [0.1, 0.15) is 36.6 Å². The van der Waals surface area contributed by atoms with Crippen LogP contribution in [0.3, 0.4) is 0 Å². The third-order valence-corrected chi connectivity index (χ3v) is 3.36. The number of carbonyl (C=O) groups is 3. The SMILES string of the molecule is O=Cc1ccc(C(=O)N2Cc3ccccc3C2=O)cc1. The van der Waals surface area contributed by atoms with Crippen molar-refractivity contribution in [3.8, 4) is 0 Å². The van der Waals surface area contributed by atoms with Gasteiger partial charge in [-0.15, -0.1) is 0 Å². The first-order valence-electron chi connectivity index (χ1n) is 6.20. The molecule has 0 saturated carbocycles. The Hall–Kier alpha value is -2.75. The number of fused-ring (bicyclic) bond motifs is 1. The van der Waals surface area contributed by atoms with Crippen molar-refractivity contribution in [2.75, 3.05) is 0 Å². The molecule has 2 aromatic rings. The van der Waals surface area contributed by atoms with Crippen molar-refractivity contribution >= 4 is 18.1 Å². The molecule has 3 rings (SSSR count). The number of benzene rings is 2. The predicted octanol–water partition coefficient (Wildman–Crippen LogP) is 2.30. The molecular weight excluding hydrogens is 254 g/mol. The topological polar surface area (TPSA) is 54.5 Å². The van der Waals surface area contributed by atoms with Gasteiger partial charge in [-0.05, 0) is 23.8 Å². The molecular formula is C16H11NO3. The van der Waals surface area contributed by atoms with Gasteiger partial charge < -0.3 is 0 Å². The van der Waals surface area contributed by atoms with Gasteiger partial charge in [-0.3, -0.25) is 19.3 Å². The molecule has 0 N–H and O–H groups in total. The number of carbonyl (C=O) groups excluding carboxylic acids is 3. The number of nitrogens with zero attached hydrogens (tertiary/aromatic N) is 1.